The molecule has 0 unspecified atom stereocenters. The van der Waals surface area contributed by atoms with Crippen LogP contribution in [0, 0.1) is 0 Å². The Balaban J connectivity index is 1.61. The summed E-state index contributed by atoms with van der Waals surface area (Å²) in [7, 11) is 1.51. The molecule has 0 spiro atoms. The van der Waals surface area contributed by atoms with Crippen LogP contribution in [0.15, 0.2) is 48.7 Å². The fraction of sp³-hybridized carbons (Fsp3) is 0.316. The van der Waals surface area contributed by atoms with Crippen LogP contribution in [0.3, 0.4) is 0 Å². The highest BCUT2D eigenvalue weighted by atomic mass is 16.5. The molecule has 5 heteroatoms. The molecule has 1 saturated heterocycles. The van der Waals surface area contributed by atoms with Gasteiger partial charge in [0.25, 0.3) is 11.7 Å². The standard InChI is InChI=1S/C19H20N2O3/c1-24-17-8-7-16(13-20-17)18(22)19(23)21-11-9-15(10-12-21)14-5-3-2-4-6-14/h2-8,13,15H,9-12H2,1H3. The lowest BCUT2D eigenvalue weighted by Gasteiger charge is -2.31. The topological polar surface area (TPSA) is 59.5 Å². The molecule has 2 heterocycles. The Morgan fingerprint density at radius 2 is 1.79 bits per heavy atom. The number of carbonyl (C=O) groups is 2. The second-order valence-electron chi connectivity index (χ2n) is 5.90. The molecule has 1 fully saturated rings. The molecular formula is C19H20N2O3. The Morgan fingerprint density at radius 3 is 2.38 bits per heavy atom. The Hall–Kier alpha value is -2.69. The molecule has 1 amide bonds. The van der Waals surface area contributed by atoms with Crippen molar-refractivity contribution in [3.63, 3.8) is 0 Å². The predicted octanol–water partition coefficient (Wildman–Crippen LogP) is 2.68. The van der Waals surface area contributed by atoms with Gasteiger partial charge >= 0.3 is 0 Å². The zero-order valence-corrected chi connectivity index (χ0v) is 13.6. The Morgan fingerprint density at radius 1 is 1.08 bits per heavy atom. The summed E-state index contributed by atoms with van der Waals surface area (Å²) in [6.07, 6.45) is 3.14. The highest BCUT2D eigenvalue weighted by Gasteiger charge is 2.28. The van der Waals surface area contributed by atoms with Crippen molar-refractivity contribution >= 4 is 11.7 Å². The maximum Gasteiger partial charge on any atom is 0.295 e. The minimum Gasteiger partial charge on any atom is -0.481 e. The first kappa shape index (κ1) is 16.2. The van der Waals surface area contributed by atoms with Gasteiger partial charge in [-0.2, -0.15) is 0 Å². The summed E-state index contributed by atoms with van der Waals surface area (Å²) in [5.74, 6) is -0.0903. The average molecular weight is 324 g/mol. The van der Waals surface area contributed by atoms with Crippen molar-refractivity contribution in [1.82, 2.24) is 9.88 Å². The van der Waals surface area contributed by atoms with E-state index in [-0.39, 0.29) is 0 Å². The van der Waals surface area contributed by atoms with Gasteiger partial charge in [-0.25, -0.2) is 4.98 Å². The van der Waals surface area contributed by atoms with Crippen molar-refractivity contribution in [1.29, 1.82) is 0 Å². The molecule has 1 aromatic carbocycles. The number of benzene rings is 1. The number of Topliss-reactive ketones (excluding diaryl/α,β-unsaturated/α-hetero) is 1. The maximum atomic E-state index is 12.4. The minimum absolute atomic E-state index is 0.297. The number of likely N-dealkylation sites (tertiary alicyclic amines) is 1. The van der Waals surface area contributed by atoms with E-state index in [1.54, 1.807) is 17.0 Å². The molecule has 1 aliphatic rings. The zero-order chi connectivity index (χ0) is 16.9. The van der Waals surface area contributed by atoms with Gasteiger partial charge in [-0.05, 0) is 30.4 Å². The van der Waals surface area contributed by atoms with E-state index < -0.39 is 11.7 Å². The molecule has 24 heavy (non-hydrogen) atoms. The smallest absolute Gasteiger partial charge is 0.295 e. The summed E-state index contributed by atoms with van der Waals surface area (Å²) in [5, 5.41) is 0. The zero-order valence-electron chi connectivity index (χ0n) is 13.6. The number of hydrogen-bond acceptors (Lipinski definition) is 4. The molecule has 0 saturated carbocycles. The van der Waals surface area contributed by atoms with Gasteiger partial charge in [0.05, 0.1) is 7.11 Å². The first-order chi connectivity index (χ1) is 11.7. The van der Waals surface area contributed by atoms with Crippen molar-refractivity contribution in [3.05, 3.63) is 59.8 Å². The maximum absolute atomic E-state index is 12.4. The van der Waals surface area contributed by atoms with Crippen LogP contribution in [0.2, 0.25) is 0 Å². The molecule has 5 nitrogen and oxygen atoms in total. The first-order valence-electron chi connectivity index (χ1n) is 8.07. The van der Waals surface area contributed by atoms with E-state index in [0.29, 0.717) is 30.5 Å². The van der Waals surface area contributed by atoms with Crippen molar-refractivity contribution < 1.29 is 14.3 Å². The van der Waals surface area contributed by atoms with Gasteiger partial charge < -0.3 is 9.64 Å². The molecule has 1 aromatic heterocycles. The van der Waals surface area contributed by atoms with Gasteiger partial charge in [-0.1, -0.05) is 30.3 Å². The number of carbonyl (C=O) groups excluding carboxylic acids is 2. The van der Waals surface area contributed by atoms with Crippen molar-refractivity contribution in [3.8, 4) is 5.88 Å². The fourth-order valence-electron chi connectivity index (χ4n) is 3.04. The van der Waals surface area contributed by atoms with Crippen LogP contribution in [-0.2, 0) is 4.79 Å². The second-order valence-corrected chi connectivity index (χ2v) is 5.90. The van der Waals surface area contributed by atoms with Crippen LogP contribution < -0.4 is 4.74 Å². The number of methoxy groups -OCH3 is 1. The molecule has 124 valence electrons. The number of aromatic nitrogens is 1. The average Bonchev–Trinajstić information content (AvgIpc) is 2.68. The summed E-state index contributed by atoms with van der Waals surface area (Å²) in [4.78, 5) is 30.4. The number of ether oxygens (including phenoxy) is 1. The molecule has 3 rings (SSSR count). The van der Waals surface area contributed by atoms with Gasteiger partial charge in [0.1, 0.15) is 0 Å². The normalized spacial score (nSPS) is 15.1. The third-order valence-electron chi connectivity index (χ3n) is 4.46. The van der Waals surface area contributed by atoms with Crippen molar-refractivity contribution in [2.75, 3.05) is 20.2 Å². The number of amides is 1. The van der Waals surface area contributed by atoms with Crippen LogP contribution in [0.1, 0.15) is 34.7 Å². The second kappa shape index (κ2) is 7.25. The van der Waals surface area contributed by atoms with Gasteiger partial charge in [0, 0.05) is 30.9 Å². The molecule has 1 aliphatic heterocycles. The largest absolute Gasteiger partial charge is 0.481 e. The third kappa shape index (κ3) is 3.45. The van der Waals surface area contributed by atoms with Crippen LogP contribution in [0.5, 0.6) is 5.88 Å². The van der Waals surface area contributed by atoms with E-state index >= 15 is 0 Å². The number of pyridine rings is 1. The predicted molar refractivity (Wildman–Crippen MR) is 90.1 cm³/mol. The molecule has 0 bridgehead atoms. The number of piperidine rings is 1. The van der Waals surface area contributed by atoms with Gasteiger partial charge in [-0.3, -0.25) is 9.59 Å². The molecule has 0 aliphatic carbocycles. The quantitative estimate of drug-likeness (QED) is 0.641. The van der Waals surface area contributed by atoms with Crippen molar-refractivity contribution in [2.24, 2.45) is 0 Å². The van der Waals surface area contributed by atoms with Crippen LogP contribution >= 0.6 is 0 Å². The highest BCUT2D eigenvalue weighted by molar-refractivity contribution is 6.42. The van der Waals surface area contributed by atoms with E-state index in [1.807, 2.05) is 18.2 Å². The molecule has 2 aromatic rings. The summed E-state index contributed by atoms with van der Waals surface area (Å²) in [5.41, 5.74) is 1.60. The van der Waals surface area contributed by atoms with Gasteiger partial charge in [0.15, 0.2) is 0 Å². The Labute approximate surface area is 141 Å². The van der Waals surface area contributed by atoms with E-state index in [1.165, 1.54) is 18.9 Å². The molecular weight excluding hydrogens is 304 g/mol. The Bertz CT molecular complexity index is 705. The number of ketones is 1. The van der Waals surface area contributed by atoms with Crippen LogP contribution in [0.4, 0.5) is 0 Å². The number of nitrogens with zero attached hydrogens (tertiary/aromatic N) is 2. The van der Waals surface area contributed by atoms with Crippen LogP contribution in [0.25, 0.3) is 0 Å². The lowest BCUT2D eigenvalue weighted by Crippen LogP contribution is -2.41. The summed E-state index contributed by atoms with van der Waals surface area (Å²) >= 11 is 0. The summed E-state index contributed by atoms with van der Waals surface area (Å²) < 4.78 is 4.96. The monoisotopic (exact) mass is 324 g/mol. The van der Waals surface area contributed by atoms with Crippen molar-refractivity contribution in [2.45, 2.75) is 18.8 Å². The molecule has 0 radical (unpaired) electrons. The molecule has 0 N–H and O–H groups in total. The highest BCUT2D eigenvalue weighted by Crippen LogP contribution is 2.28. The number of hydrogen-bond donors (Lipinski definition) is 0. The molecule has 0 atom stereocenters. The van der Waals surface area contributed by atoms with E-state index in [0.717, 1.165) is 12.8 Å². The van der Waals surface area contributed by atoms with E-state index in [4.69, 9.17) is 4.74 Å². The number of rotatable bonds is 4. The van der Waals surface area contributed by atoms with Gasteiger partial charge in [0.2, 0.25) is 5.88 Å². The third-order valence-corrected chi connectivity index (χ3v) is 4.46. The Kier molecular flexibility index (Phi) is 4.89. The summed E-state index contributed by atoms with van der Waals surface area (Å²) in [6, 6.07) is 13.5. The minimum atomic E-state index is -0.511. The lowest BCUT2D eigenvalue weighted by atomic mass is 9.89. The lowest BCUT2D eigenvalue weighted by molar-refractivity contribution is -0.127. The summed E-state index contributed by atoms with van der Waals surface area (Å²) in [6.45, 7) is 1.21. The fourth-order valence-corrected chi connectivity index (χ4v) is 3.04. The SMILES string of the molecule is COc1ccc(C(=O)C(=O)N2CCC(c3ccccc3)CC2)cn1. The van der Waals surface area contributed by atoms with Gasteiger partial charge in [-0.15, -0.1) is 0 Å². The van der Waals surface area contributed by atoms with E-state index in [9.17, 15) is 9.59 Å². The van der Waals surface area contributed by atoms with Crippen LogP contribution in [-0.4, -0.2) is 41.8 Å². The first-order valence-corrected chi connectivity index (χ1v) is 8.07. The van der Waals surface area contributed by atoms with E-state index in [2.05, 4.69) is 17.1 Å².